The van der Waals surface area contributed by atoms with Crippen molar-refractivity contribution < 1.29 is 4.79 Å². The van der Waals surface area contributed by atoms with E-state index in [0.717, 1.165) is 55.8 Å². The molecular formula is C25H33N3O. The van der Waals surface area contributed by atoms with Crippen LogP contribution in [-0.2, 0) is 16.8 Å². The minimum absolute atomic E-state index is 0.0792. The molecule has 154 valence electrons. The Morgan fingerprint density at radius 2 is 1.79 bits per heavy atom. The van der Waals surface area contributed by atoms with Gasteiger partial charge in [-0.05, 0) is 57.4 Å². The van der Waals surface area contributed by atoms with E-state index in [-0.39, 0.29) is 11.3 Å². The number of aryl methyl sites for hydroxylation is 1. The molecule has 0 unspecified atom stereocenters. The van der Waals surface area contributed by atoms with Gasteiger partial charge in [-0.1, -0.05) is 44.2 Å². The molecule has 1 saturated carbocycles. The average molecular weight is 392 g/mol. The summed E-state index contributed by atoms with van der Waals surface area (Å²) in [5.74, 6) is 0.436. The van der Waals surface area contributed by atoms with Gasteiger partial charge in [0.15, 0.2) is 0 Å². The summed E-state index contributed by atoms with van der Waals surface area (Å²) in [5.41, 5.74) is 4.39. The number of anilines is 1. The fourth-order valence-electron chi connectivity index (χ4n) is 5.00. The molecule has 1 aliphatic heterocycles. The zero-order chi connectivity index (χ0) is 20.6. The summed E-state index contributed by atoms with van der Waals surface area (Å²) in [4.78, 5) is 22.6. The molecule has 1 amide bonds. The number of hydrogen-bond donors (Lipinski definition) is 0. The van der Waals surface area contributed by atoms with Gasteiger partial charge in [0.05, 0.1) is 11.4 Å². The number of carbonyl (C=O) groups is 1. The molecule has 0 atom stereocenters. The first-order chi connectivity index (χ1) is 13.8. The lowest BCUT2D eigenvalue weighted by atomic mass is 9.84. The van der Waals surface area contributed by atoms with Crippen molar-refractivity contribution in [2.75, 3.05) is 18.5 Å². The second kappa shape index (κ2) is 7.91. The zero-order valence-corrected chi connectivity index (χ0v) is 18.2. The van der Waals surface area contributed by atoms with Crippen LogP contribution in [0.5, 0.6) is 0 Å². The van der Waals surface area contributed by atoms with E-state index in [1.165, 1.54) is 5.56 Å². The van der Waals surface area contributed by atoms with Crippen molar-refractivity contribution in [3.05, 3.63) is 59.4 Å². The molecule has 0 spiro atoms. The normalized spacial score (nSPS) is 23.3. The fourth-order valence-corrected chi connectivity index (χ4v) is 5.00. The monoisotopic (exact) mass is 391 g/mol. The van der Waals surface area contributed by atoms with E-state index >= 15 is 0 Å². The van der Waals surface area contributed by atoms with Crippen molar-refractivity contribution >= 4 is 11.6 Å². The molecule has 1 fully saturated rings. The highest BCUT2D eigenvalue weighted by Gasteiger charge is 2.42. The van der Waals surface area contributed by atoms with Crippen molar-refractivity contribution in [3.8, 4) is 0 Å². The molecule has 4 nitrogen and oxygen atoms in total. The Morgan fingerprint density at radius 1 is 1.10 bits per heavy atom. The zero-order valence-electron chi connectivity index (χ0n) is 18.2. The number of hydrogen-bond acceptors (Lipinski definition) is 3. The molecule has 29 heavy (non-hydrogen) atoms. The van der Waals surface area contributed by atoms with E-state index in [1.807, 2.05) is 17.9 Å². The minimum atomic E-state index is -0.0792. The molecule has 0 bridgehead atoms. The third-order valence-electron chi connectivity index (χ3n) is 6.71. The number of fused-ring (bicyclic) bond motifs is 1. The van der Waals surface area contributed by atoms with Crippen LogP contribution in [-0.4, -0.2) is 35.4 Å². The van der Waals surface area contributed by atoms with E-state index in [2.05, 4.69) is 62.2 Å². The van der Waals surface area contributed by atoms with E-state index in [0.29, 0.717) is 11.9 Å². The summed E-state index contributed by atoms with van der Waals surface area (Å²) in [7, 11) is 2.22. The Balaban J connectivity index is 1.39. The van der Waals surface area contributed by atoms with Gasteiger partial charge in [0.1, 0.15) is 0 Å². The highest BCUT2D eigenvalue weighted by Crippen LogP contribution is 2.41. The maximum absolute atomic E-state index is 13.4. The first-order valence-corrected chi connectivity index (χ1v) is 10.9. The van der Waals surface area contributed by atoms with Gasteiger partial charge in [0.2, 0.25) is 5.91 Å². The smallest absolute Gasteiger partial charge is 0.230 e. The van der Waals surface area contributed by atoms with Gasteiger partial charge in [0.25, 0.3) is 0 Å². The summed E-state index contributed by atoms with van der Waals surface area (Å²) in [5, 5.41) is 0. The lowest BCUT2D eigenvalue weighted by Gasteiger charge is -2.35. The maximum atomic E-state index is 13.4. The number of rotatable bonds is 4. The van der Waals surface area contributed by atoms with Gasteiger partial charge in [0, 0.05) is 36.2 Å². The Bertz CT molecular complexity index is 869. The van der Waals surface area contributed by atoms with E-state index < -0.39 is 0 Å². The fraction of sp³-hybridized carbons (Fsp3) is 0.520. The molecule has 1 aromatic heterocycles. The first-order valence-electron chi connectivity index (χ1n) is 10.9. The van der Waals surface area contributed by atoms with Crippen molar-refractivity contribution in [3.63, 3.8) is 0 Å². The number of aromatic nitrogens is 1. The van der Waals surface area contributed by atoms with E-state index in [1.54, 1.807) is 0 Å². The predicted molar refractivity (Wildman–Crippen MR) is 118 cm³/mol. The standard InChI is InChI=1S/C25H33N3O/c1-18-10-15-22-23(26-18)25(2,3)17-28(22)24(29)20-11-13-21(14-12-20)27(4)16-19-8-6-5-7-9-19/h5-10,15,20-21H,11-14,16-17H2,1-4H3/t20-,21+. The molecular weight excluding hydrogens is 358 g/mol. The quantitative estimate of drug-likeness (QED) is 0.758. The Kier molecular flexibility index (Phi) is 5.48. The molecule has 0 saturated heterocycles. The Hall–Kier alpha value is -2.20. The van der Waals surface area contributed by atoms with Crippen molar-refractivity contribution in [2.24, 2.45) is 5.92 Å². The van der Waals surface area contributed by atoms with Gasteiger partial charge >= 0.3 is 0 Å². The summed E-state index contributed by atoms with van der Waals surface area (Å²) < 4.78 is 0. The van der Waals surface area contributed by atoms with Crippen LogP contribution in [0.4, 0.5) is 5.69 Å². The van der Waals surface area contributed by atoms with Crippen LogP contribution in [0.15, 0.2) is 42.5 Å². The van der Waals surface area contributed by atoms with Crippen molar-refractivity contribution in [1.29, 1.82) is 0 Å². The van der Waals surface area contributed by atoms with Crippen molar-refractivity contribution in [1.82, 2.24) is 9.88 Å². The van der Waals surface area contributed by atoms with Gasteiger partial charge in [-0.25, -0.2) is 0 Å². The largest absolute Gasteiger partial charge is 0.309 e. The minimum Gasteiger partial charge on any atom is -0.309 e. The molecule has 0 N–H and O–H groups in total. The molecule has 4 rings (SSSR count). The van der Waals surface area contributed by atoms with Crippen LogP contribution in [0.25, 0.3) is 0 Å². The van der Waals surface area contributed by atoms with Crippen LogP contribution in [0.1, 0.15) is 56.5 Å². The maximum Gasteiger partial charge on any atom is 0.230 e. The lowest BCUT2D eigenvalue weighted by molar-refractivity contribution is -0.123. The third-order valence-corrected chi connectivity index (χ3v) is 6.71. The Labute approximate surface area is 174 Å². The molecule has 1 aliphatic carbocycles. The number of amides is 1. The van der Waals surface area contributed by atoms with Crippen LogP contribution in [0.3, 0.4) is 0 Å². The summed E-state index contributed by atoms with van der Waals surface area (Å²) in [6.07, 6.45) is 4.15. The summed E-state index contributed by atoms with van der Waals surface area (Å²) in [6, 6.07) is 15.3. The van der Waals surface area contributed by atoms with Gasteiger partial charge in [-0.2, -0.15) is 0 Å². The van der Waals surface area contributed by atoms with Crippen LogP contribution < -0.4 is 4.90 Å². The number of nitrogens with zero attached hydrogens (tertiary/aromatic N) is 3. The topological polar surface area (TPSA) is 36.4 Å². The highest BCUT2D eigenvalue weighted by atomic mass is 16.2. The molecule has 4 heteroatoms. The summed E-state index contributed by atoms with van der Waals surface area (Å²) in [6.45, 7) is 8.13. The van der Waals surface area contributed by atoms with Crippen LogP contribution in [0.2, 0.25) is 0 Å². The molecule has 1 aromatic carbocycles. The Morgan fingerprint density at radius 3 is 2.48 bits per heavy atom. The highest BCUT2D eigenvalue weighted by molar-refractivity contribution is 5.97. The van der Waals surface area contributed by atoms with Gasteiger partial charge < -0.3 is 4.90 Å². The third kappa shape index (κ3) is 4.09. The molecule has 2 heterocycles. The number of carbonyl (C=O) groups excluding carboxylic acids is 1. The van der Waals surface area contributed by atoms with Gasteiger partial charge in [-0.3, -0.25) is 14.7 Å². The van der Waals surface area contributed by atoms with Gasteiger partial charge in [-0.15, -0.1) is 0 Å². The van der Waals surface area contributed by atoms with E-state index in [4.69, 9.17) is 4.98 Å². The SMILES string of the molecule is Cc1ccc2c(n1)C(C)(C)CN2C(=O)[C@H]1CC[C@@H](N(C)Cc2ccccc2)CC1. The number of pyridine rings is 1. The average Bonchev–Trinajstić information content (AvgIpc) is 2.98. The number of benzene rings is 1. The van der Waals surface area contributed by atoms with Crippen LogP contribution >= 0.6 is 0 Å². The van der Waals surface area contributed by atoms with Crippen molar-refractivity contribution in [2.45, 2.75) is 64.5 Å². The first kappa shape index (κ1) is 20.1. The molecule has 2 aliphatic rings. The second-order valence-corrected chi connectivity index (χ2v) is 9.53. The van der Waals surface area contributed by atoms with Crippen LogP contribution in [0, 0.1) is 12.8 Å². The lowest BCUT2D eigenvalue weighted by Crippen LogP contribution is -2.42. The predicted octanol–water partition coefficient (Wildman–Crippen LogP) is 4.71. The van der Waals surface area contributed by atoms with E-state index in [9.17, 15) is 4.79 Å². The second-order valence-electron chi connectivity index (χ2n) is 9.53. The summed E-state index contributed by atoms with van der Waals surface area (Å²) >= 11 is 0. The molecule has 0 radical (unpaired) electrons. The molecule has 2 aromatic rings.